The summed E-state index contributed by atoms with van der Waals surface area (Å²) in [5.74, 6) is 0.386. The molecule has 2 rings (SSSR count). The Bertz CT molecular complexity index is 496. The molecule has 1 N–H and O–H groups in total. The molecule has 0 aliphatic carbocycles. The third-order valence-corrected chi connectivity index (χ3v) is 2.24. The predicted molar refractivity (Wildman–Crippen MR) is 61.7 cm³/mol. The van der Waals surface area contributed by atoms with Crippen molar-refractivity contribution in [2.24, 2.45) is 0 Å². The molecule has 0 amide bonds. The molecule has 0 unspecified atom stereocenters. The molecule has 5 heteroatoms. The molecule has 0 fully saturated rings. The van der Waals surface area contributed by atoms with Gasteiger partial charge in [0.15, 0.2) is 0 Å². The maximum Gasteiger partial charge on any atom is 0.240 e. The van der Waals surface area contributed by atoms with Crippen LogP contribution < -0.4 is 5.32 Å². The summed E-state index contributed by atoms with van der Waals surface area (Å²) in [6.45, 7) is 4.53. The third-order valence-electron chi connectivity index (χ3n) is 2.24. The average molecular weight is 235 g/mol. The average Bonchev–Trinajstić information content (AvgIpc) is 2.75. The first-order valence-corrected chi connectivity index (χ1v) is 5.47. The summed E-state index contributed by atoms with van der Waals surface area (Å²) in [4.78, 5) is 4.13. The van der Waals surface area contributed by atoms with Crippen molar-refractivity contribution in [2.75, 3.05) is 0 Å². The highest BCUT2D eigenvalue weighted by molar-refractivity contribution is 5.54. The normalized spacial score (nSPS) is 11.1. The van der Waals surface area contributed by atoms with E-state index in [9.17, 15) is 4.39 Å². The maximum atomic E-state index is 13.5. The van der Waals surface area contributed by atoms with Crippen LogP contribution in [0.2, 0.25) is 0 Å². The van der Waals surface area contributed by atoms with E-state index in [1.165, 1.54) is 6.07 Å². The Labute approximate surface area is 98.8 Å². The van der Waals surface area contributed by atoms with Crippen molar-refractivity contribution in [1.29, 1.82) is 0 Å². The van der Waals surface area contributed by atoms with Crippen LogP contribution in [-0.2, 0) is 6.54 Å². The lowest BCUT2D eigenvalue weighted by Gasteiger charge is -2.02. The van der Waals surface area contributed by atoms with Gasteiger partial charge >= 0.3 is 0 Å². The molecule has 0 spiro atoms. The highest BCUT2D eigenvalue weighted by Crippen LogP contribution is 2.18. The van der Waals surface area contributed by atoms with Gasteiger partial charge in [0.05, 0.1) is 12.1 Å². The molecule has 0 saturated carbocycles. The van der Waals surface area contributed by atoms with Crippen molar-refractivity contribution in [1.82, 2.24) is 15.5 Å². The minimum absolute atomic E-state index is 0.281. The van der Waals surface area contributed by atoms with E-state index < -0.39 is 0 Å². The van der Waals surface area contributed by atoms with Crippen molar-refractivity contribution in [3.63, 3.8) is 0 Å². The van der Waals surface area contributed by atoms with Crippen LogP contribution in [0.3, 0.4) is 0 Å². The molecule has 0 saturated heterocycles. The highest BCUT2D eigenvalue weighted by Gasteiger charge is 2.11. The van der Waals surface area contributed by atoms with E-state index in [-0.39, 0.29) is 11.6 Å². The predicted octanol–water partition coefficient (Wildman–Crippen LogP) is 2.37. The number of aromatic nitrogens is 2. The van der Waals surface area contributed by atoms with Gasteiger partial charge in [0, 0.05) is 6.04 Å². The third kappa shape index (κ3) is 2.88. The van der Waals surface area contributed by atoms with Crippen LogP contribution in [0.1, 0.15) is 19.7 Å². The first-order chi connectivity index (χ1) is 8.16. The van der Waals surface area contributed by atoms with Crippen LogP contribution in [0.5, 0.6) is 0 Å². The van der Waals surface area contributed by atoms with Gasteiger partial charge in [0.25, 0.3) is 0 Å². The van der Waals surface area contributed by atoms with Crippen molar-refractivity contribution >= 4 is 0 Å². The van der Waals surface area contributed by atoms with E-state index in [0.29, 0.717) is 24.0 Å². The lowest BCUT2D eigenvalue weighted by molar-refractivity contribution is 0.362. The second-order valence-electron chi connectivity index (χ2n) is 4.03. The molecule has 2 aromatic rings. The number of benzene rings is 1. The van der Waals surface area contributed by atoms with Crippen molar-refractivity contribution < 1.29 is 8.91 Å². The maximum absolute atomic E-state index is 13.5. The zero-order chi connectivity index (χ0) is 12.3. The molecular formula is C12H14FN3O. The van der Waals surface area contributed by atoms with Gasteiger partial charge in [0.1, 0.15) is 5.82 Å². The quantitative estimate of drug-likeness (QED) is 0.883. The number of nitrogens with one attached hydrogen (secondary N) is 1. The van der Waals surface area contributed by atoms with Gasteiger partial charge in [-0.15, -0.1) is 0 Å². The van der Waals surface area contributed by atoms with Crippen LogP contribution in [0.25, 0.3) is 11.4 Å². The van der Waals surface area contributed by atoms with Crippen LogP contribution in [-0.4, -0.2) is 16.2 Å². The summed E-state index contributed by atoms with van der Waals surface area (Å²) in [6, 6.07) is 6.69. The fourth-order valence-corrected chi connectivity index (χ4v) is 1.37. The van der Waals surface area contributed by atoms with Crippen LogP contribution in [0.4, 0.5) is 4.39 Å². The topological polar surface area (TPSA) is 51.0 Å². The van der Waals surface area contributed by atoms with Crippen LogP contribution >= 0.6 is 0 Å². The summed E-state index contributed by atoms with van der Waals surface area (Å²) >= 11 is 0. The molecule has 1 aromatic carbocycles. The Hall–Kier alpha value is -1.75. The summed E-state index contributed by atoms with van der Waals surface area (Å²) in [7, 11) is 0. The summed E-state index contributed by atoms with van der Waals surface area (Å²) in [5.41, 5.74) is 0.354. The minimum atomic E-state index is -0.350. The highest BCUT2D eigenvalue weighted by atomic mass is 19.1. The molecule has 4 nitrogen and oxygen atoms in total. The Balaban J connectivity index is 2.16. The van der Waals surface area contributed by atoms with Crippen molar-refractivity contribution in [3.05, 3.63) is 36.0 Å². The Morgan fingerprint density at radius 3 is 2.82 bits per heavy atom. The molecular weight excluding hydrogens is 221 g/mol. The second kappa shape index (κ2) is 5.05. The molecule has 0 aliphatic rings. The fourth-order valence-electron chi connectivity index (χ4n) is 1.37. The van der Waals surface area contributed by atoms with E-state index in [2.05, 4.69) is 15.5 Å². The van der Waals surface area contributed by atoms with Gasteiger partial charge in [-0.2, -0.15) is 4.98 Å². The standard InChI is InChI=1S/C12H14FN3O/c1-8(2)14-7-11-15-12(16-17-11)9-5-3-4-6-10(9)13/h3-6,8,14H,7H2,1-2H3. The van der Waals surface area contributed by atoms with Gasteiger partial charge in [-0.3, -0.25) is 0 Å². The first kappa shape index (κ1) is 11.7. The van der Waals surface area contributed by atoms with E-state index in [1.807, 2.05) is 13.8 Å². The number of nitrogens with zero attached hydrogens (tertiary/aromatic N) is 2. The number of hydrogen-bond donors (Lipinski definition) is 1. The van der Waals surface area contributed by atoms with E-state index >= 15 is 0 Å². The molecule has 0 aliphatic heterocycles. The Kier molecular flexibility index (Phi) is 3.49. The van der Waals surface area contributed by atoms with E-state index in [4.69, 9.17) is 4.52 Å². The Morgan fingerprint density at radius 2 is 2.12 bits per heavy atom. The van der Waals surface area contributed by atoms with Crippen molar-refractivity contribution in [3.8, 4) is 11.4 Å². The number of halogens is 1. The minimum Gasteiger partial charge on any atom is -0.338 e. The molecule has 0 radical (unpaired) electrons. The lowest BCUT2D eigenvalue weighted by Crippen LogP contribution is -2.21. The van der Waals surface area contributed by atoms with Gasteiger partial charge in [-0.05, 0) is 12.1 Å². The Morgan fingerprint density at radius 1 is 1.35 bits per heavy atom. The molecule has 0 bridgehead atoms. The summed E-state index contributed by atoms with van der Waals surface area (Å²) in [5, 5.41) is 6.91. The largest absolute Gasteiger partial charge is 0.338 e. The van der Waals surface area contributed by atoms with Gasteiger partial charge in [0.2, 0.25) is 11.7 Å². The molecule has 1 heterocycles. The molecule has 17 heavy (non-hydrogen) atoms. The fraction of sp³-hybridized carbons (Fsp3) is 0.333. The molecule has 0 atom stereocenters. The van der Waals surface area contributed by atoms with Crippen LogP contribution in [0, 0.1) is 5.82 Å². The van der Waals surface area contributed by atoms with Crippen molar-refractivity contribution in [2.45, 2.75) is 26.4 Å². The summed E-state index contributed by atoms with van der Waals surface area (Å²) in [6.07, 6.45) is 0. The molecule has 1 aromatic heterocycles. The van der Waals surface area contributed by atoms with Gasteiger partial charge < -0.3 is 9.84 Å². The van der Waals surface area contributed by atoms with E-state index in [1.54, 1.807) is 18.2 Å². The lowest BCUT2D eigenvalue weighted by atomic mass is 10.2. The molecule has 90 valence electrons. The SMILES string of the molecule is CC(C)NCc1nc(-c2ccccc2F)no1. The smallest absolute Gasteiger partial charge is 0.240 e. The zero-order valence-corrected chi connectivity index (χ0v) is 9.77. The zero-order valence-electron chi connectivity index (χ0n) is 9.77. The van der Waals surface area contributed by atoms with Gasteiger partial charge in [-0.25, -0.2) is 4.39 Å². The first-order valence-electron chi connectivity index (χ1n) is 5.47. The van der Waals surface area contributed by atoms with Gasteiger partial charge in [-0.1, -0.05) is 31.1 Å². The monoisotopic (exact) mass is 235 g/mol. The van der Waals surface area contributed by atoms with E-state index in [0.717, 1.165) is 0 Å². The summed E-state index contributed by atoms with van der Waals surface area (Å²) < 4.78 is 18.5. The van der Waals surface area contributed by atoms with Crippen LogP contribution in [0.15, 0.2) is 28.8 Å². The second-order valence-corrected chi connectivity index (χ2v) is 4.03. The number of hydrogen-bond acceptors (Lipinski definition) is 4. The number of rotatable bonds is 4.